The van der Waals surface area contributed by atoms with Gasteiger partial charge in [0.2, 0.25) is 0 Å². The molecule has 1 saturated heterocycles. The molecular weight excluding hydrogens is 479 g/mol. The van der Waals surface area contributed by atoms with Gasteiger partial charge in [-0.3, -0.25) is 4.79 Å². The highest BCUT2D eigenvalue weighted by Crippen LogP contribution is 2.31. The van der Waals surface area contributed by atoms with Gasteiger partial charge in [0.05, 0.1) is 42.9 Å². The highest BCUT2D eigenvalue weighted by Gasteiger charge is 2.37. The van der Waals surface area contributed by atoms with Crippen LogP contribution in [-0.2, 0) is 17.5 Å². The van der Waals surface area contributed by atoms with Gasteiger partial charge in [-0.1, -0.05) is 5.21 Å². The van der Waals surface area contributed by atoms with Crippen molar-refractivity contribution in [3.63, 3.8) is 0 Å². The summed E-state index contributed by atoms with van der Waals surface area (Å²) in [5.41, 5.74) is -1.91. The molecule has 4 heterocycles. The minimum absolute atomic E-state index is 0.0763. The van der Waals surface area contributed by atoms with E-state index in [1.165, 1.54) is 0 Å². The number of aromatic nitrogens is 6. The first-order valence-electron chi connectivity index (χ1n) is 11.3. The fraction of sp³-hybridized carbons (Fsp3) is 0.455. The zero-order valence-electron chi connectivity index (χ0n) is 19.4. The van der Waals surface area contributed by atoms with Gasteiger partial charge in [-0.15, -0.1) is 5.10 Å². The third kappa shape index (κ3) is 5.98. The summed E-state index contributed by atoms with van der Waals surface area (Å²) in [7, 11) is 0. The summed E-state index contributed by atoms with van der Waals surface area (Å²) in [6, 6.07) is 5.30. The molecule has 1 fully saturated rings. The third-order valence-corrected chi connectivity index (χ3v) is 5.76. The maximum absolute atomic E-state index is 13.2. The first-order valence-corrected chi connectivity index (χ1v) is 11.3. The molecule has 0 radical (unpaired) electrons. The second-order valence-electron chi connectivity index (χ2n) is 8.47. The van der Waals surface area contributed by atoms with Gasteiger partial charge in [0.25, 0.3) is 5.56 Å². The summed E-state index contributed by atoms with van der Waals surface area (Å²) < 4.78 is 46.9. The zero-order chi connectivity index (χ0) is 25.7. The Morgan fingerprint density at radius 1 is 1.31 bits per heavy atom. The number of aromatic amines is 1. The van der Waals surface area contributed by atoms with Crippen molar-refractivity contribution in [2.75, 3.05) is 29.9 Å². The van der Waals surface area contributed by atoms with Crippen molar-refractivity contribution >= 4 is 11.5 Å². The van der Waals surface area contributed by atoms with Crippen LogP contribution in [0.1, 0.15) is 42.6 Å². The Morgan fingerprint density at radius 3 is 2.75 bits per heavy atom. The van der Waals surface area contributed by atoms with E-state index in [-0.39, 0.29) is 19.3 Å². The van der Waals surface area contributed by atoms with Crippen molar-refractivity contribution in [3.05, 3.63) is 57.9 Å². The lowest BCUT2D eigenvalue weighted by molar-refractivity contribution is -0.138. The molecule has 4 rings (SSSR count). The third-order valence-electron chi connectivity index (χ3n) is 5.76. The number of nitrogens with zero attached hydrogens (tertiary/aromatic N) is 7. The van der Waals surface area contributed by atoms with E-state index in [2.05, 4.69) is 36.7 Å². The summed E-state index contributed by atoms with van der Waals surface area (Å²) in [5.74, 6) is 0.834. The molecule has 0 amide bonds. The quantitative estimate of drug-likeness (QED) is 0.475. The number of hydrogen-bond donors (Lipinski definition) is 2. The van der Waals surface area contributed by atoms with Crippen molar-refractivity contribution < 1.29 is 17.9 Å². The molecule has 1 unspecified atom stereocenters. The molecule has 1 aliphatic heterocycles. The van der Waals surface area contributed by atoms with E-state index < -0.39 is 29.0 Å². The first-order chi connectivity index (χ1) is 17.2. The highest BCUT2D eigenvalue weighted by atomic mass is 19.4. The second kappa shape index (κ2) is 10.7. The van der Waals surface area contributed by atoms with Gasteiger partial charge in [-0.05, 0) is 31.9 Å². The van der Waals surface area contributed by atoms with Crippen LogP contribution in [0.3, 0.4) is 0 Å². The van der Waals surface area contributed by atoms with E-state index in [0.29, 0.717) is 11.3 Å². The summed E-state index contributed by atoms with van der Waals surface area (Å²) in [4.78, 5) is 18.1. The monoisotopic (exact) mass is 503 g/mol. The normalized spacial score (nSPS) is 15.5. The SMILES string of the molecule is CC(COCc1cn(C2CCN(c3ccc(C#N)cn3)CC2)nn1)Nc1cn[nH]c(=O)c1C(F)(F)F. The van der Waals surface area contributed by atoms with Gasteiger partial charge in [0, 0.05) is 25.3 Å². The molecule has 0 aliphatic carbocycles. The van der Waals surface area contributed by atoms with E-state index in [9.17, 15) is 18.0 Å². The van der Waals surface area contributed by atoms with Crippen LogP contribution >= 0.6 is 0 Å². The Labute approximate surface area is 203 Å². The van der Waals surface area contributed by atoms with Crippen LogP contribution in [0.15, 0.2) is 35.5 Å². The Bertz CT molecular complexity index is 1260. The number of anilines is 2. The number of halogens is 3. The van der Waals surface area contributed by atoms with Crippen molar-refractivity contribution in [3.8, 4) is 6.07 Å². The fourth-order valence-electron chi connectivity index (χ4n) is 3.99. The van der Waals surface area contributed by atoms with Crippen molar-refractivity contribution in [1.82, 2.24) is 30.2 Å². The van der Waals surface area contributed by atoms with Crippen LogP contribution in [0.2, 0.25) is 0 Å². The first kappa shape index (κ1) is 25.1. The number of hydrogen-bond acceptors (Lipinski definition) is 9. The molecule has 11 nitrogen and oxygen atoms in total. The lowest BCUT2D eigenvalue weighted by Gasteiger charge is -2.32. The molecule has 190 valence electrons. The van der Waals surface area contributed by atoms with Gasteiger partial charge in [0.1, 0.15) is 23.1 Å². The number of ether oxygens (including phenoxy) is 1. The minimum Gasteiger partial charge on any atom is -0.378 e. The molecule has 1 atom stereocenters. The van der Waals surface area contributed by atoms with Crippen molar-refractivity contribution in [1.29, 1.82) is 5.26 Å². The summed E-state index contributed by atoms with van der Waals surface area (Å²) in [6.45, 7) is 3.42. The second-order valence-corrected chi connectivity index (χ2v) is 8.47. The number of nitriles is 1. The van der Waals surface area contributed by atoms with Crippen LogP contribution in [0.4, 0.5) is 24.7 Å². The number of rotatable bonds is 8. The van der Waals surface area contributed by atoms with Gasteiger partial charge < -0.3 is 15.0 Å². The molecule has 2 N–H and O–H groups in total. The molecule has 0 bridgehead atoms. The molecule has 0 aromatic carbocycles. The topological polar surface area (TPSA) is 138 Å². The molecule has 0 saturated carbocycles. The van der Waals surface area contributed by atoms with Crippen LogP contribution in [0, 0.1) is 11.3 Å². The van der Waals surface area contributed by atoms with E-state index in [1.807, 2.05) is 6.07 Å². The van der Waals surface area contributed by atoms with E-state index >= 15 is 0 Å². The molecule has 0 spiro atoms. The molecule has 3 aromatic rings. The number of piperidine rings is 1. The summed E-state index contributed by atoms with van der Waals surface area (Å²) in [6.07, 6.45) is 1.17. The number of H-pyrrole nitrogens is 1. The number of nitrogens with one attached hydrogen (secondary N) is 2. The lowest BCUT2D eigenvalue weighted by atomic mass is 10.1. The molecule has 3 aromatic heterocycles. The average molecular weight is 503 g/mol. The van der Waals surface area contributed by atoms with Crippen LogP contribution < -0.4 is 15.8 Å². The summed E-state index contributed by atoms with van der Waals surface area (Å²) in [5, 5.41) is 25.1. The number of alkyl halides is 3. The van der Waals surface area contributed by atoms with Crippen LogP contribution in [0.5, 0.6) is 0 Å². The number of pyridine rings is 1. The maximum Gasteiger partial charge on any atom is 0.423 e. The maximum atomic E-state index is 13.2. The average Bonchev–Trinajstić information content (AvgIpc) is 3.32. The van der Waals surface area contributed by atoms with Crippen LogP contribution in [0.25, 0.3) is 0 Å². The molecule has 14 heteroatoms. The largest absolute Gasteiger partial charge is 0.423 e. The minimum atomic E-state index is -4.81. The van der Waals surface area contributed by atoms with Gasteiger partial charge >= 0.3 is 6.18 Å². The zero-order valence-corrected chi connectivity index (χ0v) is 19.4. The fourth-order valence-corrected chi connectivity index (χ4v) is 3.99. The van der Waals surface area contributed by atoms with Crippen LogP contribution in [-0.4, -0.2) is 55.9 Å². The Hall–Kier alpha value is -3.99. The Morgan fingerprint density at radius 2 is 2.08 bits per heavy atom. The van der Waals surface area contributed by atoms with Gasteiger partial charge in [-0.25, -0.2) is 14.8 Å². The molecule has 1 aliphatic rings. The predicted molar refractivity (Wildman–Crippen MR) is 122 cm³/mol. The standard InChI is InChI=1S/C22H24F3N9O2/c1-14(29-18-10-28-31-21(35)20(18)22(23,24)25)12-36-13-16-11-34(32-30-16)17-4-6-33(7-5-17)19-3-2-15(8-26)9-27-19/h2-3,9-11,14,17H,4-7,12-13H2,1H3,(H2,29,31,35). The predicted octanol–water partition coefficient (Wildman–Crippen LogP) is 2.51. The molecule has 36 heavy (non-hydrogen) atoms. The Balaban J connectivity index is 1.25. The van der Waals surface area contributed by atoms with E-state index in [1.54, 1.807) is 35.2 Å². The van der Waals surface area contributed by atoms with Crippen molar-refractivity contribution in [2.24, 2.45) is 0 Å². The Kier molecular flexibility index (Phi) is 7.49. The van der Waals surface area contributed by atoms with Gasteiger partial charge in [-0.2, -0.15) is 23.5 Å². The highest BCUT2D eigenvalue weighted by molar-refractivity contribution is 5.50. The van der Waals surface area contributed by atoms with Crippen molar-refractivity contribution in [2.45, 2.75) is 44.6 Å². The lowest BCUT2D eigenvalue weighted by Crippen LogP contribution is -2.35. The smallest absolute Gasteiger partial charge is 0.378 e. The van der Waals surface area contributed by atoms with E-state index in [0.717, 1.165) is 37.9 Å². The summed E-state index contributed by atoms with van der Waals surface area (Å²) >= 11 is 0. The molecular formula is C22H24F3N9O2. The van der Waals surface area contributed by atoms with Gasteiger partial charge in [0.15, 0.2) is 0 Å². The van der Waals surface area contributed by atoms with E-state index in [4.69, 9.17) is 10.00 Å².